The van der Waals surface area contributed by atoms with Crippen LogP contribution >= 0.6 is 11.3 Å². The molecule has 0 bridgehead atoms. The number of carbonyl (C=O) groups is 2. The number of aromatic nitrogens is 1. The number of benzene rings is 2. The zero-order valence-electron chi connectivity index (χ0n) is 18.3. The average Bonchev–Trinajstić information content (AvgIpc) is 3.33. The summed E-state index contributed by atoms with van der Waals surface area (Å²) in [5.41, 5.74) is 1.12. The smallest absolute Gasteiger partial charge is 0.406 e. The van der Waals surface area contributed by atoms with E-state index in [-0.39, 0.29) is 23.2 Å². The van der Waals surface area contributed by atoms with Crippen LogP contribution in [0.3, 0.4) is 0 Å². The van der Waals surface area contributed by atoms with E-state index >= 15 is 0 Å². The minimum Gasteiger partial charge on any atom is -0.406 e. The first-order chi connectivity index (χ1) is 16.8. The van der Waals surface area contributed by atoms with Crippen molar-refractivity contribution < 1.29 is 27.5 Å². The number of thiazole rings is 1. The van der Waals surface area contributed by atoms with Gasteiger partial charge >= 0.3 is 6.36 Å². The number of hydrogen-bond donors (Lipinski definition) is 1. The Kier molecular flexibility index (Phi) is 7.36. The fourth-order valence-electron chi connectivity index (χ4n) is 3.60. The molecule has 2 amide bonds. The minimum atomic E-state index is -4.82. The molecular weight excluding hydrogens is 479 g/mol. The molecule has 0 spiro atoms. The maximum atomic E-state index is 12.5. The molecule has 1 aliphatic heterocycles. The highest BCUT2D eigenvalue weighted by molar-refractivity contribution is 7.10. The summed E-state index contributed by atoms with van der Waals surface area (Å²) in [6.07, 6.45) is -3.42. The molecule has 0 radical (unpaired) electrons. The average molecular weight is 500 g/mol. The number of alkyl halides is 3. The van der Waals surface area contributed by atoms with Crippen LogP contribution in [-0.2, 0) is 4.79 Å². The highest BCUT2D eigenvalue weighted by atomic mass is 32.1. The molecule has 1 aliphatic rings. The highest BCUT2D eigenvalue weighted by Crippen LogP contribution is 2.31. The molecule has 4 rings (SSSR count). The zero-order chi connectivity index (χ0) is 24.8. The molecular formula is C25H20F3N3O3S. The van der Waals surface area contributed by atoms with Crippen LogP contribution in [0.25, 0.3) is 0 Å². The van der Waals surface area contributed by atoms with Gasteiger partial charge in [-0.1, -0.05) is 30.2 Å². The molecule has 2 aromatic carbocycles. The molecule has 0 aliphatic carbocycles. The Labute approximate surface area is 203 Å². The van der Waals surface area contributed by atoms with Gasteiger partial charge in [0.2, 0.25) is 0 Å². The van der Waals surface area contributed by atoms with Gasteiger partial charge in [-0.3, -0.25) is 9.59 Å². The second kappa shape index (κ2) is 10.6. The van der Waals surface area contributed by atoms with Gasteiger partial charge in [0.1, 0.15) is 11.4 Å². The topological polar surface area (TPSA) is 71.5 Å². The van der Waals surface area contributed by atoms with Crippen molar-refractivity contribution in [1.82, 2.24) is 9.88 Å². The quantitative estimate of drug-likeness (QED) is 0.510. The first-order valence-electron chi connectivity index (χ1n) is 10.8. The Morgan fingerprint density at radius 1 is 1.09 bits per heavy atom. The summed E-state index contributed by atoms with van der Waals surface area (Å²) in [7, 11) is 0. The summed E-state index contributed by atoms with van der Waals surface area (Å²) < 4.78 is 41.1. The molecule has 1 aromatic heterocycles. The van der Waals surface area contributed by atoms with E-state index in [1.807, 2.05) is 30.3 Å². The van der Waals surface area contributed by atoms with E-state index in [9.17, 15) is 22.8 Å². The van der Waals surface area contributed by atoms with Gasteiger partial charge in [-0.15, -0.1) is 24.5 Å². The van der Waals surface area contributed by atoms with E-state index in [0.717, 1.165) is 22.7 Å². The molecule has 0 saturated carbocycles. The summed E-state index contributed by atoms with van der Waals surface area (Å²) >= 11 is 1.35. The van der Waals surface area contributed by atoms with Crippen molar-refractivity contribution in [3.05, 3.63) is 76.2 Å². The number of nitrogens with one attached hydrogen (secondary N) is 1. The van der Waals surface area contributed by atoms with Crippen molar-refractivity contribution in [2.45, 2.75) is 25.1 Å². The third-order valence-corrected chi connectivity index (χ3v) is 6.31. The summed E-state index contributed by atoms with van der Waals surface area (Å²) in [6.45, 7) is 1.08. The number of ether oxygens (including phenoxy) is 1. The van der Waals surface area contributed by atoms with E-state index in [1.165, 1.54) is 23.5 Å². The molecule has 10 heteroatoms. The Bertz CT molecular complexity index is 1260. The normalized spacial score (nSPS) is 14.1. The SMILES string of the molecule is O=C(Nc1cccc(OC(F)(F)F)c1)c1csc(C2CCN(C(=O)C#Cc3ccccc3)CC2)n1. The lowest BCUT2D eigenvalue weighted by molar-refractivity contribution is -0.274. The lowest BCUT2D eigenvalue weighted by atomic mass is 9.97. The van der Waals surface area contributed by atoms with E-state index < -0.39 is 18.0 Å². The molecule has 3 aromatic rings. The van der Waals surface area contributed by atoms with Crippen molar-refractivity contribution >= 4 is 28.8 Å². The van der Waals surface area contributed by atoms with Crippen LogP contribution in [0.4, 0.5) is 18.9 Å². The second-order valence-corrected chi connectivity index (χ2v) is 8.67. The standard InChI is InChI=1S/C25H20F3N3O3S/c26-25(27,28)34-20-8-4-7-19(15-20)29-23(33)21-16-35-24(30-21)18-11-13-31(14-12-18)22(32)10-9-17-5-2-1-3-6-17/h1-8,15-16,18H,11-14H2,(H,29,33). The van der Waals surface area contributed by atoms with E-state index in [1.54, 1.807) is 10.3 Å². The van der Waals surface area contributed by atoms with Crippen LogP contribution in [0.2, 0.25) is 0 Å². The Morgan fingerprint density at radius 3 is 2.54 bits per heavy atom. The van der Waals surface area contributed by atoms with Gasteiger partial charge in [-0.2, -0.15) is 0 Å². The molecule has 6 nitrogen and oxygen atoms in total. The van der Waals surface area contributed by atoms with E-state index in [2.05, 4.69) is 26.9 Å². The van der Waals surface area contributed by atoms with Crippen LogP contribution in [0.5, 0.6) is 5.75 Å². The van der Waals surface area contributed by atoms with Crippen LogP contribution in [0, 0.1) is 11.8 Å². The third kappa shape index (κ3) is 6.83. The number of piperidine rings is 1. The number of carbonyl (C=O) groups excluding carboxylic acids is 2. The number of hydrogen-bond acceptors (Lipinski definition) is 5. The minimum absolute atomic E-state index is 0.108. The number of anilines is 1. The zero-order valence-corrected chi connectivity index (χ0v) is 19.2. The lowest BCUT2D eigenvalue weighted by Gasteiger charge is -2.29. The van der Waals surface area contributed by atoms with Gasteiger partial charge < -0.3 is 15.0 Å². The van der Waals surface area contributed by atoms with Crippen LogP contribution < -0.4 is 10.1 Å². The summed E-state index contributed by atoms with van der Waals surface area (Å²) in [4.78, 5) is 31.1. The van der Waals surface area contributed by atoms with Crippen LogP contribution in [0.15, 0.2) is 60.0 Å². The van der Waals surface area contributed by atoms with Gasteiger partial charge in [0, 0.05) is 47.6 Å². The van der Waals surface area contributed by atoms with Gasteiger partial charge in [-0.25, -0.2) is 4.98 Å². The highest BCUT2D eigenvalue weighted by Gasteiger charge is 2.31. The van der Waals surface area contributed by atoms with Crippen molar-refractivity contribution in [3.63, 3.8) is 0 Å². The van der Waals surface area contributed by atoms with E-state index in [4.69, 9.17) is 0 Å². The molecule has 1 fully saturated rings. The monoisotopic (exact) mass is 499 g/mol. The van der Waals surface area contributed by atoms with Crippen LogP contribution in [-0.4, -0.2) is 41.2 Å². The number of likely N-dealkylation sites (tertiary alicyclic amines) is 1. The lowest BCUT2D eigenvalue weighted by Crippen LogP contribution is -2.37. The summed E-state index contributed by atoms with van der Waals surface area (Å²) in [6, 6.07) is 14.3. The number of nitrogens with zero attached hydrogens (tertiary/aromatic N) is 2. The summed E-state index contributed by atoms with van der Waals surface area (Å²) in [5.74, 6) is 4.49. The number of halogens is 3. The van der Waals surface area contributed by atoms with Gasteiger partial charge in [0.05, 0.1) is 5.01 Å². The third-order valence-electron chi connectivity index (χ3n) is 5.30. The molecule has 1 saturated heterocycles. The Morgan fingerprint density at radius 2 is 1.83 bits per heavy atom. The predicted octanol–water partition coefficient (Wildman–Crippen LogP) is 5.05. The summed E-state index contributed by atoms with van der Waals surface area (Å²) in [5, 5.41) is 4.94. The van der Waals surface area contributed by atoms with Crippen LogP contribution in [0.1, 0.15) is 39.8 Å². The maximum absolute atomic E-state index is 12.5. The van der Waals surface area contributed by atoms with Gasteiger partial charge in [0.15, 0.2) is 0 Å². The Hall–Kier alpha value is -3.84. The van der Waals surface area contributed by atoms with Gasteiger partial charge in [0.25, 0.3) is 11.8 Å². The first kappa shape index (κ1) is 24.3. The second-order valence-electron chi connectivity index (χ2n) is 7.78. The fraction of sp³-hybridized carbons (Fsp3) is 0.240. The van der Waals surface area contributed by atoms with Gasteiger partial charge in [-0.05, 0) is 37.1 Å². The largest absolute Gasteiger partial charge is 0.573 e. The number of amides is 2. The van der Waals surface area contributed by atoms with Crippen molar-refractivity contribution in [2.24, 2.45) is 0 Å². The molecule has 0 unspecified atom stereocenters. The molecule has 0 atom stereocenters. The molecule has 35 heavy (non-hydrogen) atoms. The Balaban J connectivity index is 1.31. The number of rotatable bonds is 4. The van der Waals surface area contributed by atoms with Crippen molar-refractivity contribution in [2.75, 3.05) is 18.4 Å². The first-order valence-corrected chi connectivity index (χ1v) is 11.6. The molecule has 2 heterocycles. The molecule has 1 N–H and O–H groups in total. The molecule has 180 valence electrons. The van der Waals surface area contributed by atoms with Crippen molar-refractivity contribution in [3.8, 4) is 17.6 Å². The predicted molar refractivity (Wildman–Crippen MR) is 125 cm³/mol. The van der Waals surface area contributed by atoms with Crippen molar-refractivity contribution in [1.29, 1.82) is 0 Å². The van der Waals surface area contributed by atoms with E-state index in [0.29, 0.717) is 25.9 Å². The maximum Gasteiger partial charge on any atom is 0.573 e. The fourth-order valence-corrected chi connectivity index (χ4v) is 4.57.